The molecule has 1 amide bonds. The monoisotopic (exact) mass is 246 g/mol. The summed E-state index contributed by atoms with van der Waals surface area (Å²) in [6, 6.07) is 1.36. The number of hydrogen-bond acceptors (Lipinski definition) is 2. The highest BCUT2D eigenvalue weighted by Gasteiger charge is 2.16. The van der Waals surface area contributed by atoms with Gasteiger partial charge in [0.25, 0.3) is 0 Å². The van der Waals surface area contributed by atoms with Crippen LogP contribution in [-0.2, 0) is 4.79 Å². The molecule has 0 heterocycles. The molecule has 0 bridgehead atoms. The van der Waals surface area contributed by atoms with Crippen LogP contribution in [0.4, 0.5) is 18.9 Å². The Hall–Kier alpha value is -1.56. The number of hydrogen-bond donors (Lipinski definition) is 2. The molecular weight excluding hydrogens is 233 g/mol. The highest BCUT2D eigenvalue weighted by atomic mass is 19.2. The van der Waals surface area contributed by atoms with E-state index in [4.69, 9.17) is 5.73 Å². The van der Waals surface area contributed by atoms with Gasteiger partial charge < -0.3 is 11.1 Å². The quantitative estimate of drug-likeness (QED) is 0.800. The van der Waals surface area contributed by atoms with Gasteiger partial charge in [0.2, 0.25) is 5.91 Å². The van der Waals surface area contributed by atoms with Crippen LogP contribution in [0.25, 0.3) is 0 Å². The third-order valence-electron chi connectivity index (χ3n) is 2.28. The Morgan fingerprint density at radius 3 is 2.59 bits per heavy atom. The van der Waals surface area contributed by atoms with E-state index in [1.807, 2.05) is 0 Å². The first-order chi connectivity index (χ1) is 7.95. The fraction of sp³-hybridized carbons (Fsp3) is 0.364. The van der Waals surface area contributed by atoms with E-state index >= 15 is 0 Å². The van der Waals surface area contributed by atoms with Crippen molar-refractivity contribution in [2.24, 2.45) is 5.73 Å². The number of anilines is 1. The molecule has 0 spiro atoms. The van der Waals surface area contributed by atoms with E-state index in [1.165, 1.54) is 0 Å². The Morgan fingerprint density at radius 1 is 1.35 bits per heavy atom. The zero-order valence-corrected chi connectivity index (χ0v) is 9.27. The van der Waals surface area contributed by atoms with E-state index in [9.17, 15) is 18.0 Å². The summed E-state index contributed by atoms with van der Waals surface area (Å²) < 4.78 is 38.6. The lowest BCUT2D eigenvalue weighted by Crippen LogP contribution is -2.26. The van der Waals surface area contributed by atoms with Gasteiger partial charge in [0.1, 0.15) is 0 Å². The number of halogens is 3. The lowest BCUT2D eigenvalue weighted by molar-refractivity contribution is -0.116. The number of amides is 1. The van der Waals surface area contributed by atoms with Gasteiger partial charge in [-0.2, -0.15) is 0 Å². The van der Waals surface area contributed by atoms with E-state index in [1.54, 1.807) is 6.92 Å². The first kappa shape index (κ1) is 13.5. The van der Waals surface area contributed by atoms with Gasteiger partial charge in [-0.25, -0.2) is 13.2 Å². The molecule has 17 heavy (non-hydrogen) atoms. The maximum atomic E-state index is 13.2. The van der Waals surface area contributed by atoms with E-state index < -0.39 is 29.0 Å². The van der Waals surface area contributed by atoms with Crippen molar-refractivity contribution in [3.05, 3.63) is 29.6 Å². The van der Waals surface area contributed by atoms with Crippen LogP contribution >= 0.6 is 0 Å². The van der Waals surface area contributed by atoms with Crippen LogP contribution in [0, 0.1) is 17.5 Å². The van der Waals surface area contributed by atoms with E-state index in [0.717, 1.165) is 12.1 Å². The second-order valence-electron chi connectivity index (χ2n) is 3.64. The summed E-state index contributed by atoms with van der Waals surface area (Å²) in [6.07, 6.45) is 0.586. The second kappa shape index (κ2) is 5.67. The molecule has 0 aliphatic heterocycles. The summed E-state index contributed by atoms with van der Waals surface area (Å²) in [5.41, 5.74) is 5.14. The van der Waals surface area contributed by atoms with Gasteiger partial charge in [-0.1, -0.05) is 6.92 Å². The summed E-state index contributed by atoms with van der Waals surface area (Å²) >= 11 is 0. The molecule has 94 valence electrons. The predicted octanol–water partition coefficient (Wildman–Crippen LogP) is 2.17. The van der Waals surface area contributed by atoms with Crippen LogP contribution in [-0.4, -0.2) is 11.9 Å². The minimum Gasteiger partial charge on any atom is -0.327 e. The minimum atomic E-state index is -1.61. The molecule has 0 fully saturated rings. The van der Waals surface area contributed by atoms with Crippen LogP contribution in [0.5, 0.6) is 0 Å². The van der Waals surface area contributed by atoms with E-state index in [-0.39, 0.29) is 12.5 Å². The van der Waals surface area contributed by atoms with Crippen LogP contribution < -0.4 is 11.1 Å². The van der Waals surface area contributed by atoms with Gasteiger partial charge in [-0.15, -0.1) is 0 Å². The molecule has 0 aromatic heterocycles. The topological polar surface area (TPSA) is 55.1 Å². The van der Waals surface area contributed by atoms with Crippen LogP contribution in [0.2, 0.25) is 0 Å². The van der Waals surface area contributed by atoms with Crippen LogP contribution in [0.1, 0.15) is 19.8 Å². The molecule has 0 saturated carbocycles. The summed E-state index contributed by atoms with van der Waals surface area (Å²) in [6.45, 7) is 1.80. The average Bonchev–Trinajstić information content (AvgIpc) is 2.29. The Morgan fingerprint density at radius 2 is 2.00 bits per heavy atom. The second-order valence-corrected chi connectivity index (χ2v) is 3.64. The standard InChI is InChI=1S/C11H13F3N2O/c1-2-6(15)5-9(17)16-8-4-3-7(12)10(13)11(8)14/h3-4,6H,2,5,15H2,1H3,(H,16,17). The van der Waals surface area contributed by atoms with Crippen molar-refractivity contribution < 1.29 is 18.0 Å². The van der Waals surface area contributed by atoms with Crippen molar-refractivity contribution in [1.82, 2.24) is 0 Å². The van der Waals surface area contributed by atoms with Gasteiger partial charge in [-0.3, -0.25) is 4.79 Å². The Kier molecular flexibility index (Phi) is 4.51. The maximum absolute atomic E-state index is 13.2. The van der Waals surface area contributed by atoms with Crippen molar-refractivity contribution in [1.29, 1.82) is 0 Å². The van der Waals surface area contributed by atoms with Gasteiger partial charge >= 0.3 is 0 Å². The molecule has 3 nitrogen and oxygen atoms in total. The summed E-state index contributed by atoms with van der Waals surface area (Å²) in [4.78, 5) is 11.4. The molecule has 1 aromatic rings. The first-order valence-electron chi connectivity index (χ1n) is 5.14. The highest BCUT2D eigenvalue weighted by Crippen LogP contribution is 2.19. The molecule has 1 unspecified atom stereocenters. The van der Waals surface area contributed by atoms with E-state index in [0.29, 0.717) is 6.42 Å². The van der Waals surface area contributed by atoms with Gasteiger partial charge in [0.15, 0.2) is 17.5 Å². The molecule has 0 saturated heterocycles. The number of benzene rings is 1. The average molecular weight is 246 g/mol. The Labute approximate surface area is 96.8 Å². The van der Waals surface area contributed by atoms with Crippen molar-refractivity contribution >= 4 is 11.6 Å². The number of nitrogens with two attached hydrogens (primary N) is 1. The molecule has 3 N–H and O–H groups in total. The third-order valence-corrected chi connectivity index (χ3v) is 2.28. The molecule has 6 heteroatoms. The largest absolute Gasteiger partial charge is 0.327 e. The summed E-state index contributed by atoms with van der Waals surface area (Å²) in [7, 11) is 0. The van der Waals surface area contributed by atoms with E-state index in [2.05, 4.69) is 5.32 Å². The fourth-order valence-corrected chi connectivity index (χ4v) is 1.21. The highest BCUT2D eigenvalue weighted by molar-refractivity contribution is 5.91. The zero-order valence-electron chi connectivity index (χ0n) is 9.27. The Bertz CT molecular complexity index is 423. The normalized spacial score (nSPS) is 12.3. The third kappa shape index (κ3) is 3.45. The van der Waals surface area contributed by atoms with Gasteiger partial charge in [0, 0.05) is 12.5 Å². The molecule has 1 rings (SSSR count). The molecule has 0 aliphatic carbocycles. The number of carbonyl (C=O) groups is 1. The van der Waals surface area contributed by atoms with Crippen molar-refractivity contribution in [3.8, 4) is 0 Å². The molecular formula is C11H13F3N2O. The Balaban J connectivity index is 2.76. The zero-order chi connectivity index (χ0) is 13.0. The summed E-state index contributed by atoms with van der Waals surface area (Å²) in [5, 5.41) is 2.14. The lowest BCUT2D eigenvalue weighted by atomic mass is 10.1. The van der Waals surface area contributed by atoms with Crippen LogP contribution in [0.3, 0.4) is 0 Å². The fourth-order valence-electron chi connectivity index (χ4n) is 1.21. The minimum absolute atomic E-state index is 0.00502. The summed E-state index contributed by atoms with van der Waals surface area (Å²) in [5.74, 6) is -4.86. The van der Waals surface area contributed by atoms with Crippen molar-refractivity contribution in [2.45, 2.75) is 25.8 Å². The first-order valence-corrected chi connectivity index (χ1v) is 5.14. The molecule has 0 aliphatic rings. The van der Waals surface area contributed by atoms with Crippen LogP contribution in [0.15, 0.2) is 12.1 Å². The molecule has 1 atom stereocenters. The van der Waals surface area contributed by atoms with Gasteiger partial charge in [0.05, 0.1) is 5.69 Å². The number of nitrogens with one attached hydrogen (secondary N) is 1. The van der Waals surface area contributed by atoms with Crippen molar-refractivity contribution in [2.75, 3.05) is 5.32 Å². The number of carbonyl (C=O) groups excluding carboxylic acids is 1. The SMILES string of the molecule is CCC(N)CC(=O)Nc1ccc(F)c(F)c1F. The van der Waals surface area contributed by atoms with Crippen molar-refractivity contribution in [3.63, 3.8) is 0 Å². The number of rotatable bonds is 4. The lowest BCUT2D eigenvalue weighted by Gasteiger charge is -2.10. The predicted molar refractivity (Wildman–Crippen MR) is 57.8 cm³/mol. The molecule has 0 radical (unpaired) electrons. The smallest absolute Gasteiger partial charge is 0.226 e. The maximum Gasteiger partial charge on any atom is 0.226 e. The molecule has 1 aromatic carbocycles. The van der Waals surface area contributed by atoms with Gasteiger partial charge in [-0.05, 0) is 18.6 Å².